The highest BCUT2D eigenvalue weighted by Gasteiger charge is 2.36. The molecule has 2 nitrogen and oxygen atoms in total. The number of rotatable bonds is 4. The summed E-state index contributed by atoms with van der Waals surface area (Å²) in [4.78, 5) is 4.41. The summed E-state index contributed by atoms with van der Waals surface area (Å²) in [6, 6.07) is 22.1. The molecule has 2 heteroatoms. The van der Waals surface area contributed by atoms with E-state index < -0.39 is 0 Å². The van der Waals surface area contributed by atoms with Crippen LogP contribution in [0.3, 0.4) is 0 Å². The molecule has 0 radical (unpaired) electrons. The van der Waals surface area contributed by atoms with E-state index in [1.807, 2.05) is 19.2 Å². The summed E-state index contributed by atoms with van der Waals surface area (Å²) in [7, 11) is 0. The number of allylic oxidation sites excluding steroid dienone is 6. The molecule has 158 valence electrons. The van der Waals surface area contributed by atoms with E-state index in [9.17, 15) is 0 Å². The zero-order valence-corrected chi connectivity index (χ0v) is 18.7. The maximum absolute atomic E-state index is 4.41. The highest BCUT2D eigenvalue weighted by Crippen LogP contribution is 2.49. The topological polar surface area (TPSA) is 15.4 Å². The number of aliphatic imine (C=N–C) groups is 1. The third-order valence-corrected chi connectivity index (χ3v) is 6.62. The fraction of sp³-hybridized carbons (Fsp3) is 0.0968. The van der Waals surface area contributed by atoms with Crippen LogP contribution in [0.25, 0.3) is 22.8 Å². The Morgan fingerprint density at radius 1 is 0.848 bits per heavy atom. The molecule has 33 heavy (non-hydrogen) atoms. The van der Waals surface area contributed by atoms with Crippen molar-refractivity contribution in [2.75, 3.05) is 0 Å². The minimum absolute atomic E-state index is 1.04. The van der Waals surface area contributed by atoms with Gasteiger partial charge in [0.25, 0.3) is 0 Å². The fourth-order valence-electron chi connectivity index (χ4n) is 4.97. The number of hydrogen-bond acceptors (Lipinski definition) is 1. The molecule has 3 aromatic carbocycles. The predicted molar refractivity (Wildman–Crippen MR) is 142 cm³/mol. The smallest absolute Gasteiger partial charge is 0.223 e. The molecule has 0 atom stereocenters. The second kappa shape index (κ2) is 8.14. The van der Waals surface area contributed by atoms with Crippen molar-refractivity contribution in [2.24, 2.45) is 4.99 Å². The van der Waals surface area contributed by atoms with Crippen molar-refractivity contribution in [1.82, 2.24) is 4.58 Å². The van der Waals surface area contributed by atoms with Crippen LogP contribution in [0.15, 0.2) is 102 Å². The van der Waals surface area contributed by atoms with Crippen LogP contribution < -0.4 is 4.58 Å². The fourth-order valence-corrected chi connectivity index (χ4v) is 4.97. The van der Waals surface area contributed by atoms with Crippen molar-refractivity contribution in [3.05, 3.63) is 119 Å². The van der Waals surface area contributed by atoms with Gasteiger partial charge in [0.1, 0.15) is 0 Å². The van der Waals surface area contributed by atoms with E-state index in [0.29, 0.717) is 0 Å². The quantitative estimate of drug-likeness (QED) is 0.237. The molecule has 0 aromatic heterocycles. The number of fused-ring (bicyclic) bond motifs is 5. The van der Waals surface area contributed by atoms with Gasteiger partial charge >= 0.3 is 0 Å². The lowest BCUT2D eigenvalue weighted by Crippen LogP contribution is -2.08. The average Bonchev–Trinajstić information content (AvgIpc) is 3.14. The molecule has 0 N–H and O–H groups in total. The van der Waals surface area contributed by atoms with E-state index in [1.165, 1.54) is 50.3 Å². The molecule has 0 unspecified atom stereocenters. The van der Waals surface area contributed by atoms with Crippen LogP contribution in [0, 0.1) is 0 Å². The first-order valence-electron chi connectivity index (χ1n) is 11.6. The maximum atomic E-state index is 4.41. The van der Waals surface area contributed by atoms with Gasteiger partial charge in [-0.2, -0.15) is 4.58 Å². The Kier molecular flexibility index (Phi) is 4.84. The zero-order chi connectivity index (χ0) is 22.2. The first kappa shape index (κ1) is 19.6. The molecule has 2 heterocycles. The zero-order valence-electron chi connectivity index (χ0n) is 18.7. The Hall–Kier alpha value is -4.04. The van der Waals surface area contributed by atoms with Crippen LogP contribution >= 0.6 is 0 Å². The van der Waals surface area contributed by atoms with E-state index in [2.05, 4.69) is 107 Å². The van der Waals surface area contributed by atoms with E-state index in [0.717, 1.165) is 18.6 Å². The standard InChI is InChI=1S/C31H25N2/c1-2-3-4-8-19-33-30-21-25(29-17-18-32-29)13-15-27(30)28-16-12-24-20-23(11-14-26(24)31(28)33)22-9-6-5-7-10-22/h2-10,12-13,15-21H,11,14H2,1H3/q+1/b3-2-,8-4-,33-19?. The van der Waals surface area contributed by atoms with Gasteiger partial charge in [0, 0.05) is 29.5 Å². The molecule has 0 saturated heterocycles. The molecular formula is C31H25N2+. The molecule has 0 amide bonds. The normalized spacial score (nSPS) is 17.1. The van der Waals surface area contributed by atoms with E-state index >= 15 is 0 Å². The lowest BCUT2D eigenvalue weighted by Gasteiger charge is -2.17. The minimum Gasteiger partial charge on any atom is -0.256 e. The lowest BCUT2D eigenvalue weighted by molar-refractivity contribution is 0.975. The lowest BCUT2D eigenvalue weighted by atomic mass is 9.86. The second-order valence-electron chi connectivity index (χ2n) is 8.56. The van der Waals surface area contributed by atoms with Gasteiger partial charge in [0.2, 0.25) is 11.4 Å². The van der Waals surface area contributed by atoms with Crippen LogP contribution in [0.2, 0.25) is 0 Å². The largest absolute Gasteiger partial charge is 0.256 e. The number of nitrogens with zero attached hydrogens (tertiary/aromatic N) is 2. The summed E-state index contributed by atoms with van der Waals surface area (Å²) in [6.07, 6.45) is 18.9. The summed E-state index contributed by atoms with van der Waals surface area (Å²) >= 11 is 0. The minimum atomic E-state index is 1.04. The Bertz CT molecular complexity index is 1440. The van der Waals surface area contributed by atoms with Gasteiger partial charge in [-0.3, -0.25) is 4.99 Å². The van der Waals surface area contributed by atoms with Crippen molar-refractivity contribution in [2.45, 2.75) is 19.8 Å². The molecule has 0 fully saturated rings. The molecule has 0 bridgehead atoms. The monoisotopic (exact) mass is 425 g/mol. The Morgan fingerprint density at radius 2 is 1.70 bits per heavy atom. The van der Waals surface area contributed by atoms with Crippen molar-refractivity contribution in [3.8, 4) is 11.1 Å². The van der Waals surface area contributed by atoms with Crippen molar-refractivity contribution in [1.29, 1.82) is 0 Å². The molecule has 0 saturated carbocycles. The van der Waals surface area contributed by atoms with Crippen LogP contribution in [0.4, 0.5) is 11.4 Å². The highest BCUT2D eigenvalue weighted by molar-refractivity contribution is 6.13. The van der Waals surface area contributed by atoms with Crippen molar-refractivity contribution < 1.29 is 0 Å². The van der Waals surface area contributed by atoms with Gasteiger partial charge in [0.05, 0.1) is 16.8 Å². The summed E-state index contributed by atoms with van der Waals surface area (Å²) in [5.74, 6) is 0. The second-order valence-corrected chi connectivity index (χ2v) is 8.56. The molecule has 3 aliphatic rings. The Balaban J connectivity index is 1.50. The molecule has 2 aliphatic heterocycles. The van der Waals surface area contributed by atoms with Gasteiger partial charge in [-0.15, -0.1) is 0 Å². The van der Waals surface area contributed by atoms with Crippen molar-refractivity contribution in [3.63, 3.8) is 0 Å². The van der Waals surface area contributed by atoms with E-state index in [4.69, 9.17) is 0 Å². The summed E-state index contributed by atoms with van der Waals surface area (Å²) in [6.45, 7) is 2.04. The number of benzene rings is 3. The van der Waals surface area contributed by atoms with Crippen LogP contribution in [0.5, 0.6) is 0 Å². The summed E-state index contributed by atoms with van der Waals surface area (Å²) in [5.41, 5.74) is 12.9. The molecule has 1 aliphatic carbocycles. The summed E-state index contributed by atoms with van der Waals surface area (Å²) < 4.78 is 2.37. The third kappa shape index (κ3) is 3.35. The van der Waals surface area contributed by atoms with Gasteiger partial charge in [-0.25, -0.2) is 0 Å². The first-order valence-corrected chi connectivity index (χ1v) is 11.6. The maximum Gasteiger partial charge on any atom is 0.223 e. The van der Waals surface area contributed by atoms with Gasteiger partial charge < -0.3 is 0 Å². The predicted octanol–water partition coefficient (Wildman–Crippen LogP) is 7.51. The Morgan fingerprint density at radius 3 is 2.48 bits per heavy atom. The molecule has 3 aromatic rings. The van der Waals surface area contributed by atoms with Crippen LogP contribution in [-0.4, -0.2) is 11.9 Å². The number of hydrogen-bond donors (Lipinski definition) is 0. The van der Waals surface area contributed by atoms with Gasteiger partial charge in [-0.05, 0) is 54.7 Å². The van der Waals surface area contributed by atoms with Crippen molar-refractivity contribution >= 4 is 35.0 Å². The van der Waals surface area contributed by atoms with Gasteiger partial charge in [0.15, 0.2) is 6.21 Å². The Labute approximate surface area is 195 Å². The van der Waals surface area contributed by atoms with Crippen LogP contribution in [-0.2, 0) is 6.42 Å². The van der Waals surface area contributed by atoms with Crippen LogP contribution in [0.1, 0.15) is 35.6 Å². The van der Waals surface area contributed by atoms with Gasteiger partial charge in [-0.1, -0.05) is 66.8 Å². The molecule has 0 spiro atoms. The average molecular weight is 426 g/mol. The molecular weight excluding hydrogens is 400 g/mol. The van der Waals surface area contributed by atoms with E-state index in [1.54, 1.807) is 0 Å². The molecule has 6 rings (SSSR count). The SMILES string of the molecule is C/C=C\C=C/C=[N+]1c2cc(C3=NC=C3)ccc2-c2ccc3c(c21)CCC(c1ccccc1)=C3. The first-order chi connectivity index (χ1) is 16.3. The summed E-state index contributed by atoms with van der Waals surface area (Å²) in [5, 5.41) is 0. The third-order valence-electron chi connectivity index (χ3n) is 6.62. The van der Waals surface area contributed by atoms with E-state index in [-0.39, 0.29) is 0 Å². The highest BCUT2D eigenvalue weighted by atomic mass is 15.0.